The van der Waals surface area contributed by atoms with Gasteiger partial charge in [-0.1, -0.05) is 54.4 Å². The molecule has 1 saturated heterocycles. The Labute approximate surface area is 516 Å². The summed E-state index contributed by atoms with van der Waals surface area (Å²) in [6.07, 6.45) is -4.27. The Balaban J connectivity index is 3.34. The molecular formula is C53H87N15O22. The molecule has 0 aromatic rings. The number of hydrogen-bond donors (Lipinski definition) is 19. The Morgan fingerprint density at radius 2 is 0.922 bits per heavy atom. The van der Waals surface area contributed by atoms with E-state index < -0.39 is 243 Å². The van der Waals surface area contributed by atoms with Crippen molar-refractivity contribution >= 4 is 101 Å². The van der Waals surface area contributed by atoms with E-state index in [1.54, 1.807) is 27.7 Å². The fourth-order valence-electron chi connectivity index (χ4n) is 8.75. The average molecular weight is 1290 g/mol. The molecule has 1 fully saturated rings. The smallest absolute Gasteiger partial charge is 0.326 e. The second kappa shape index (κ2) is 39.0. The highest BCUT2D eigenvalue weighted by atomic mass is 16.4. The van der Waals surface area contributed by atoms with Gasteiger partial charge >= 0.3 is 17.9 Å². The molecule has 1 rings (SSSR count). The number of aliphatic carboxylic acids is 3. The minimum atomic E-state index is -2.04. The zero-order chi connectivity index (χ0) is 68.9. The molecule has 14 amide bonds. The van der Waals surface area contributed by atoms with Crippen LogP contribution in [-0.2, 0) is 81.5 Å². The fraction of sp³-hybridized carbons (Fsp3) is 0.679. The zero-order valence-electron chi connectivity index (χ0n) is 50.8. The second-order valence-electron chi connectivity index (χ2n) is 21.8. The summed E-state index contributed by atoms with van der Waals surface area (Å²) in [5.74, 6) is -21.8. The predicted octanol–water partition coefficient (Wildman–Crippen LogP) is -8.65. The highest BCUT2D eigenvalue weighted by Crippen LogP contribution is 2.21. The normalized spacial score (nSPS) is 16.7. The van der Waals surface area contributed by atoms with E-state index in [1.165, 1.54) is 13.8 Å². The molecule has 1 aliphatic rings. The van der Waals surface area contributed by atoms with Gasteiger partial charge in [0.1, 0.15) is 60.4 Å². The van der Waals surface area contributed by atoms with Crippen molar-refractivity contribution in [2.45, 2.75) is 185 Å². The van der Waals surface area contributed by atoms with Gasteiger partial charge in [-0.2, -0.15) is 0 Å². The minimum Gasteiger partial charge on any atom is -0.481 e. The molecule has 13 atom stereocenters. The Morgan fingerprint density at radius 1 is 0.478 bits per heavy atom. The molecule has 0 saturated carbocycles. The van der Waals surface area contributed by atoms with Gasteiger partial charge in [0.05, 0.1) is 38.6 Å². The molecule has 0 spiro atoms. The molecule has 1 aliphatic heterocycles. The first-order valence-corrected chi connectivity index (χ1v) is 28.8. The zero-order valence-corrected chi connectivity index (χ0v) is 50.8. The van der Waals surface area contributed by atoms with Gasteiger partial charge in [0, 0.05) is 25.8 Å². The van der Waals surface area contributed by atoms with Crippen LogP contribution in [0.25, 0.3) is 0 Å². The number of aliphatic hydroxyl groups excluding tert-OH is 2. The molecule has 0 aromatic carbocycles. The summed E-state index contributed by atoms with van der Waals surface area (Å²) in [5, 5.41) is 71.1. The topological polar surface area (TPSA) is 619 Å². The molecule has 37 heteroatoms. The highest BCUT2D eigenvalue weighted by Gasteiger charge is 2.42. The Morgan fingerprint density at radius 3 is 1.39 bits per heavy atom. The van der Waals surface area contributed by atoms with Crippen molar-refractivity contribution in [3.63, 3.8) is 0 Å². The quantitative estimate of drug-likeness (QED) is 0.0270. The fourth-order valence-corrected chi connectivity index (χ4v) is 8.75. The lowest BCUT2D eigenvalue weighted by atomic mass is 9.96. The van der Waals surface area contributed by atoms with E-state index in [4.69, 9.17) is 28.0 Å². The molecule has 37 nitrogen and oxygen atoms in total. The highest BCUT2D eigenvalue weighted by molar-refractivity contribution is 6.01. The Hall–Kier alpha value is -9.13. The molecule has 0 unspecified atom stereocenters. The number of carbonyl (C=O) groups excluding carboxylic acids is 14. The van der Waals surface area contributed by atoms with Crippen molar-refractivity contribution < 1.29 is 107 Å². The number of rotatable bonds is 42. The van der Waals surface area contributed by atoms with Crippen LogP contribution in [-0.4, -0.2) is 224 Å². The number of likely N-dealkylation sites (tertiary alicyclic amines) is 1. The van der Waals surface area contributed by atoms with Gasteiger partial charge in [-0.25, -0.2) is 4.79 Å². The monoisotopic (exact) mass is 1290 g/mol. The summed E-state index contributed by atoms with van der Waals surface area (Å²) < 4.78 is 0. The van der Waals surface area contributed by atoms with E-state index >= 15 is 0 Å². The third-order valence-electron chi connectivity index (χ3n) is 14.4. The molecule has 0 radical (unpaired) electrons. The van der Waals surface area contributed by atoms with Crippen LogP contribution >= 0.6 is 0 Å². The lowest BCUT2D eigenvalue weighted by molar-refractivity contribution is -0.145. The second-order valence-corrected chi connectivity index (χ2v) is 21.8. The first-order valence-electron chi connectivity index (χ1n) is 28.8. The first kappa shape index (κ1) is 78.9. The van der Waals surface area contributed by atoms with E-state index in [0.717, 1.165) is 4.90 Å². The Kier molecular flexibility index (Phi) is 34.2. The van der Waals surface area contributed by atoms with Gasteiger partial charge in [0.2, 0.25) is 82.7 Å². The van der Waals surface area contributed by atoms with E-state index in [2.05, 4.69) is 53.2 Å². The van der Waals surface area contributed by atoms with Gasteiger partial charge in [-0.3, -0.25) is 76.7 Å². The third kappa shape index (κ3) is 27.1. The van der Waals surface area contributed by atoms with Crippen LogP contribution in [0.4, 0.5) is 0 Å². The molecule has 90 heavy (non-hydrogen) atoms. The predicted molar refractivity (Wildman–Crippen MR) is 308 cm³/mol. The lowest BCUT2D eigenvalue weighted by Gasteiger charge is -2.31. The number of primary amides is 3. The van der Waals surface area contributed by atoms with Gasteiger partial charge in [-0.15, -0.1) is 0 Å². The molecule has 0 aromatic heterocycles. The summed E-state index contributed by atoms with van der Waals surface area (Å²) >= 11 is 0. The number of nitrogens with two attached hydrogens (primary N) is 4. The maximum Gasteiger partial charge on any atom is 0.326 e. The minimum absolute atomic E-state index is 0.0210. The van der Waals surface area contributed by atoms with Crippen molar-refractivity contribution in [3.8, 4) is 0 Å². The number of nitrogens with zero attached hydrogens (tertiary/aromatic N) is 1. The number of nitrogens with one attached hydrogen (secondary N) is 10. The van der Waals surface area contributed by atoms with Gasteiger partial charge < -0.3 is 107 Å². The number of carboxylic acids is 3. The van der Waals surface area contributed by atoms with E-state index in [-0.39, 0.29) is 45.1 Å². The van der Waals surface area contributed by atoms with E-state index in [9.17, 15) is 102 Å². The molecule has 23 N–H and O–H groups in total. The summed E-state index contributed by atoms with van der Waals surface area (Å²) in [7, 11) is 0. The van der Waals surface area contributed by atoms with Crippen molar-refractivity contribution in [1.82, 2.24) is 58.1 Å². The Bertz CT molecular complexity index is 2630. The van der Waals surface area contributed by atoms with Gasteiger partial charge in [0.25, 0.3) is 0 Å². The summed E-state index contributed by atoms with van der Waals surface area (Å²) in [4.78, 5) is 220. The maximum atomic E-state index is 14.1. The SMILES string of the molecule is CC[C@H](C)[C@H](NC(=O)[C@H](CC(N)=O)NC(=O)[C@@H](NC(=O)[C@H](CO)NC(=O)CNC(=O)[C@H](CO)NC(=O)[C@@H](NC(=O)[C@@H](N)CCC(N)=O)C(C)C)[C@@H](C)CC)C(=O)N[C@@H](CC(=O)O)C(=O)N[C@@H](CCC(N)=O)C(=O)N1CCC[C@H]1C(=O)N[C@@H](CCC(=O)O)C(=O)O. The number of hydrogen-bond acceptors (Lipinski definition) is 20. The van der Waals surface area contributed by atoms with Crippen molar-refractivity contribution in [3.05, 3.63) is 0 Å². The van der Waals surface area contributed by atoms with Crippen LogP contribution in [0.5, 0.6) is 0 Å². The van der Waals surface area contributed by atoms with E-state index in [1.807, 2.05) is 0 Å². The van der Waals surface area contributed by atoms with Crippen molar-refractivity contribution in [2.75, 3.05) is 26.3 Å². The third-order valence-corrected chi connectivity index (χ3v) is 14.4. The molecular weight excluding hydrogens is 1200 g/mol. The van der Waals surface area contributed by atoms with Crippen molar-refractivity contribution in [1.29, 1.82) is 0 Å². The maximum absolute atomic E-state index is 14.1. The molecule has 506 valence electrons. The van der Waals surface area contributed by atoms with Crippen LogP contribution in [0.3, 0.4) is 0 Å². The lowest BCUT2D eigenvalue weighted by Crippen LogP contribution is -2.62. The van der Waals surface area contributed by atoms with Crippen LogP contribution in [0, 0.1) is 17.8 Å². The van der Waals surface area contributed by atoms with Crippen LogP contribution in [0.15, 0.2) is 0 Å². The standard InChI is InChI=1S/C53H87N15O22/c1-7-24(5)41(51(87)63-30(19-39(77)78)45(81)60-27(12-15-35(56)72)52(88)68-17-9-10-33(68)48(84)61-28(53(89)90)13-16-38(75)76)66-46(82)29(18-36(57)73)62-50(86)42(25(6)8-2)67-47(83)32(22-70)59-37(74)20-58-44(80)31(21-69)64-49(85)40(23(3)4)65-43(79)26(54)11-14-34(55)71/h23-33,40-42,69-70H,7-22,54H2,1-6H3,(H2,55,71)(H2,56,72)(H2,57,73)(H,58,80)(H,59,74)(H,60,81)(H,61,84)(H,62,86)(H,63,87)(H,64,85)(H,65,79)(H,66,82)(H,67,83)(H,75,76)(H,77,78)(H,89,90)/t24-,25-,26-,27-,28-,29-,30-,31-,32-,33-,40-,41-,42-/m0/s1. The van der Waals surface area contributed by atoms with Crippen molar-refractivity contribution in [2.24, 2.45) is 40.7 Å². The van der Waals surface area contributed by atoms with E-state index in [0.29, 0.717) is 0 Å². The van der Waals surface area contributed by atoms with Gasteiger partial charge in [-0.05, 0) is 49.9 Å². The summed E-state index contributed by atoms with van der Waals surface area (Å²) in [5.41, 5.74) is 21.7. The first-order chi connectivity index (χ1) is 42.0. The number of amides is 14. The van der Waals surface area contributed by atoms with Crippen LogP contribution in [0.1, 0.15) is 119 Å². The average Bonchev–Trinajstić information content (AvgIpc) is 1.74. The molecule has 0 aliphatic carbocycles. The number of aliphatic hydroxyl groups is 2. The van der Waals surface area contributed by atoms with Crippen LogP contribution in [0.2, 0.25) is 0 Å². The molecule has 0 bridgehead atoms. The summed E-state index contributed by atoms with van der Waals surface area (Å²) in [6, 6.07) is -18.0. The number of carbonyl (C=O) groups is 17. The summed E-state index contributed by atoms with van der Waals surface area (Å²) in [6.45, 7) is 6.01. The van der Waals surface area contributed by atoms with Gasteiger partial charge in [0.15, 0.2) is 0 Å². The largest absolute Gasteiger partial charge is 0.481 e. The van der Waals surface area contributed by atoms with Crippen LogP contribution < -0.4 is 76.1 Å². The number of carboxylic acid groups (broad SMARTS) is 3. The molecule has 1 heterocycles.